The molecule has 0 aromatic heterocycles. The number of morpholine rings is 1. The molecule has 0 N–H and O–H groups in total. The van der Waals surface area contributed by atoms with Crippen molar-refractivity contribution in [2.75, 3.05) is 45.9 Å². The zero-order valence-corrected chi connectivity index (χ0v) is 21.7. The van der Waals surface area contributed by atoms with Gasteiger partial charge in [-0.1, -0.05) is 26.0 Å². The average molecular weight is 482 g/mol. The smallest absolute Gasteiger partial charge is 0.254 e. The molecular weight excluding hydrogens is 438 g/mol. The van der Waals surface area contributed by atoms with Crippen molar-refractivity contribution in [3.8, 4) is 0 Å². The highest BCUT2D eigenvalue weighted by Gasteiger charge is 2.49. The number of benzene rings is 1. The van der Waals surface area contributed by atoms with Crippen molar-refractivity contribution in [3.05, 3.63) is 35.4 Å². The van der Waals surface area contributed by atoms with Gasteiger partial charge in [-0.3, -0.25) is 14.5 Å². The van der Waals surface area contributed by atoms with Crippen LogP contribution in [0.15, 0.2) is 24.3 Å². The maximum absolute atomic E-state index is 13.9. The maximum Gasteiger partial charge on any atom is 0.254 e. The minimum atomic E-state index is 0.186. The first-order valence-electron chi connectivity index (χ1n) is 14.0. The summed E-state index contributed by atoms with van der Waals surface area (Å²) in [5, 5.41) is 0. The molecule has 0 radical (unpaired) electrons. The van der Waals surface area contributed by atoms with Crippen molar-refractivity contribution >= 4 is 11.8 Å². The first kappa shape index (κ1) is 24.8. The van der Waals surface area contributed by atoms with E-state index in [0.29, 0.717) is 56.5 Å². The fourth-order valence-corrected chi connectivity index (χ4v) is 7.21. The van der Waals surface area contributed by atoms with E-state index in [4.69, 9.17) is 4.74 Å². The Bertz CT molecular complexity index is 878. The van der Waals surface area contributed by atoms with Crippen LogP contribution in [-0.4, -0.2) is 84.5 Å². The Kier molecular flexibility index (Phi) is 7.78. The zero-order valence-electron chi connectivity index (χ0n) is 21.7. The van der Waals surface area contributed by atoms with Crippen LogP contribution in [0.25, 0.3) is 0 Å². The lowest BCUT2D eigenvalue weighted by atomic mass is 9.69. The Morgan fingerprint density at radius 3 is 2.43 bits per heavy atom. The molecule has 192 valence electrons. The van der Waals surface area contributed by atoms with Crippen LogP contribution in [0.2, 0.25) is 0 Å². The highest BCUT2D eigenvalue weighted by Crippen LogP contribution is 2.43. The molecule has 0 unspecified atom stereocenters. The summed E-state index contributed by atoms with van der Waals surface area (Å²) in [6.07, 6.45) is 7.26. The van der Waals surface area contributed by atoms with E-state index in [-0.39, 0.29) is 17.9 Å². The summed E-state index contributed by atoms with van der Waals surface area (Å²) in [7, 11) is 0. The predicted molar refractivity (Wildman–Crippen MR) is 137 cm³/mol. The van der Waals surface area contributed by atoms with Crippen LogP contribution in [0.4, 0.5) is 0 Å². The van der Waals surface area contributed by atoms with Crippen LogP contribution < -0.4 is 0 Å². The average Bonchev–Trinajstić information content (AvgIpc) is 2.90. The molecule has 5 rings (SSSR count). The van der Waals surface area contributed by atoms with Crippen molar-refractivity contribution < 1.29 is 14.3 Å². The number of carbonyl (C=O) groups is 2. The lowest BCUT2D eigenvalue weighted by Gasteiger charge is -2.57. The summed E-state index contributed by atoms with van der Waals surface area (Å²) < 4.78 is 5.40. The monoisotopic (exact) mass is 481 g/mol. The van der Waals surface area contributed by atoms with Crippen LogP contribution >= 0.6 is 0 Å². The van der Waals surface area contributed by atoms with Gasteiger partial charge >= 0.3 is 0 Å². The largest absolute Gasteiger partial charge is 0.378 e. The molecule has 6 nitrogen and oxygen atoms in total. The molecule has 4 fully saturated rings. The van der Waals surface area contributed by atoms with Crippen LogP contribution in [0.5, 0.6) is 0 Å². The van der Waals surface area contributed by atoms with Crippen LogP contribution in [-0.2, 0) is 9.53 Å². The summed E-state index contributed by atoms with van der Waals surface area (Å²) in [6.45, 7) is 10.4. The van der Waals surface area contributed by atoms with Crippen molar-refractivity contribution in [2.45, 2.75) is 76.8 Å². The minimum absolute atomic E-state index is 0.186. The minimum Gasteiger partial charge on any atom is -0.378 e. The summed E-state index contributed by atoms with van der Waals surface area (Å²) >= 11 is 0. The van der Waals surface area contributed by atoms with Gasteiger partial charge < -0.3 is 14.5 Å². The third-order valence-electron chi connectivity index (χ3n) is 9.01. The first-order valence-corrected chi connectivity index (χ1v) is 14.0. The zero-order chi connectivity index (χ0) is 24.4. The molecule has 0 bridgehead atoms. The Balaban J connectivity index is 1.33. The first-order chi connectivity index (χ1) is 17.0. The topological polar surface area (TPSA) is 53.1 Å². The van der Waals surface area contributed by atoms with Crippen molar-refractivity contribution in [1.29, 1.82) is 0 Å². The van der Waals surface area contributed by atoms with E-state index in [2.05, 4.69) is 35.8 Å². The van der Waals surface area contributed by atoms with Crippen molar-refractivity contribution in [2.24, 2.45) is 11.8 Å². The number of ether oxygens (including phenoxy) is 1. The van der Waals surface area contributed by atoms with Gasteiger partial charge in [0.05, 0.1) is 13.2 Å². The van der Waals surface area contributed by atoms with Gasteiger partial charge in [0.2, 0.25) is 5.91 Å². The quantitative estimate of drug-likeness (QED) is 0.612. The van der Waals surface area contributed by atoms with Gasteiger partial charge in [0.25, 0.3) is 5.91 Å². The van der Waals surface area contributed by atoms with Crippen LogP contribution in [0.1, 0.15) is 80.6 Å². The number of carbonyl (C=O) groups excluding carboxylic acids is 2. The third-order valence-corrected chi connectivity index (χ3v) is 9.01. The van der Waals surface area contributed by atoms with E-state index < -0.39 is 0 Å². The molecule has 1 aromatic rings. The molecule has 6 heteroatoms. The summed E-state index contributed by atoms with van der Waals surface area (Å²) in [4.78, 5) is 33.6. The molecule has 35 heavy (non-hydrogen) atoms. The normalized spacial score (nSPS) is 29.2. The Labute approximate surface area is 211 Å². The molecule has 0 spiro atoms. The third kappa shape index (κ3) is 5.29. The van der Waals surface area contributed by atoms with Crippen molar-refractivity contribution in [3.63, 3.8) is 0 Å². The number of hydrogen-bond donors (Lipinski definition) is 0. The Morgan fingerprint density at radius 2 is 1.71 bits per heavy atom. The molecule has 1 aromatic carbocycles. The SMILES string of the molecule is CC(C)c1ccc(C(=O)N2C[C@@H]3CCCN4CCC[C@@H]([C@H]34)[C@H]2CCCC(=O)N2CCOCC2)cc1. The van der Waals surface area contributed by atoms with Gasteiger partial charge in [-0.2, -0.15) is 0 Å². The second kappa shape index (κ2) is 11.0. The van der Waals surface area contributed by atoms with E-state index in [9.17, 15) is 9.59 Å². The van der Waals surface area contributed by atoms with Gasteiger partial charge in [-0.25, -0.2) is 0 Å². The van der Waals surface area contributed by atoms with Gasteiger partial charge in [0, 0.05) is 43.7 Å². The molecule has 2 amide bonds. The molecule has 4 heterocycles. The lowest BCUT2D eigenvalue weighted by Crippen LogP contribution is -2.65. The molecule has 4 atom stereocenters. The van der Waals surface area contributed by atoms with Crippen molar-refractivity contribution in [1.82, 2.24) is 14.7 Å². The molecule has 4 aliphatic rings. The second-order valence-electron chi connectivity index (χ2n) is 11.4. The van der Waals surface area contributed by atoms with Gasteiger partial charge in [-0.15, -0.1) is 0 Å². The molecule has 0 saturated carbocycles. The Morgan fingerprint density at radius 1 is 1.00 bits per heavy atom. The van der Waals surface area contributed by atoms with Crippen LogP contribution in [0.3, 0.4) is 0 Å². The summed E-state index contributed by atoms with van der Waals surface area (Å²) in [5.74, 6) is 2.00. The number of nitrogens with zero attached hydrogens (tertiary/aromatic N) is 3. The number of hydrogen-bond acceptors (Lipinski definition) is 4. The van der Waals surface area contributed by atoms with E-state index in [1.54, 1.807) is 0 Å². The van der Waals surface area contributed by atoms with E-state index in [1.807, 2.05) is 17.0 Å². The molecule has 0 aliphatic carbocycles. The number of rotatable bonds is 6. The van der Waals surface area contributed by atoms with E-state index in [1.165, 1.54) is 44.3 Å². The lowest BCUT2D eigenvalue weighted by molar-refractivity contribution is -0.135. The molecule has 4 saturated heterocycles. The number of amides is 2. The number of piperidine rings is 3. The fourth-order valence-electron chi connectivity index (χ4n) is 7.21. The highest BCUT2D eigenvalue weighted by molar-refractivity contribution is 5.94. The molecule has 4 aliphatic heterocycles. The van der Waals surface area contributed by atoms with E-state index >= 15 is 0 Å². The fraction of sp³-hybridized carbons (Fsp3) is 0.724. The van der Waals surface area contributed by atoms with E-state index in [0.717, 1.165) is 24.9 Å². The predicted octanol–water partition coefficient (Wildman–Crippen LogP) is 4.15. The highest BCUT2D eigenvalue weighted by atomic mass is 16.5. The second-order valence-corrected chi connectivity index (χ2v) is 11.4. The Hall–Kier alpha value is -1.92. The van der Waals surface area contributed by atoms with Gasteiger partial charge in [0.15, 0.2) is 0 Å². The van der Waals surface area contributed by atoms with Gasteiger partial charge in [-0.05, 0) is 87.1 Å². The summed E-state index contributed by atoms with van der Waals surface area (Å²) in [5.41, 5.74) is 2.08. The maximum atomic E-state index is 13.9. The van der Waals surface area contributed by atoms with Crippen LogP contribution in [0, 0.1) is 11.8 Å². The standard InChI is InChI=1S/C29H43N3O3/c1-21(2)22-10-12-23(13-11-22)29(34)32-20-24-6-4-14-31-15-5-7-25(28(24)31)26(32)8-3-9-27(33)30-16-18-35-19-17-30/h10-13,21,24-26,28H,3-9,14-20H2,1-2H3/t24-,25+,26+,28-/m0/s1. The van der Waals surface area contributed by atoms with Gasteiger partial charge in [0.1, 0.15) is 0 Å². The molecular formula is C29H43N3O3. The number of likely N-dealkylation sites (tertiary alicyclic amines) is 1. The summed E-state index contributed by atoms with van der Waals surface area (Å²) in [6, 6.07) is 9.12.